The predicted octanol–water partition coefficient (Wildman–Crippen LogP) is -3.80. The normalized spacial score (nSPS) is 22.1. The molecule has 1 aliphatic rings. The monoisotopic (exact) mass is 227 g/mol. The second-order valence-corrected chi connectivity index (χ2v) is 2.01. The Balaban J connectivity index is 0.000001000. The van der Waals surface area contributed by atoms with Gasteiger partial charge >= 0.3 is 58.2 Å². The van der Waals surface area contributed by atoms with Gasteiger partial charge in [0.2, 0.25) is 0 Å². The molecule has 11 heavy (non-hydrogen) atoms. The number of nitrogens with one attached hydrogen (secondary N) is 2. The van der Waals surface area contributed by atoms with Crippen LogP contribution in [0.4, 0.5) is 4.79 Å². The maximum Gasteiger partial charge on any atom is 1.00 e. The van der Waals surface area contributed by atoms with Crippen LogP contribution in [0.2, 0.25) is 0 Å². The van der Waals surface area contributed by atoms with Gasteiger partial charge in [0, 0.05) is 12.6 Å². The van der Waals surface area contributed by atoms with Crippen LogP contribution in [0.3, 0.4) is 0 Å². The van der Waals surface area contributed by atoms with E-state index in [-0.39, 0.29) is 64.1 Å². The van der Waals surface area contributed by atoms with Crippen LogP contribution >= 0.6 is 0 Å². The minimum Gasteiger partial charge on any atom is -0.438 e. The van der Waals surface area contributed by atoms with Crippen LogP contribution in [-0.4, -0.2) is 31.6 Å². The van der Waals surface area contributed by atoms with Gasteiger partial charge in [0.25, 0.3) is 0 Å². The Labute approximate surface area is 113 Å². The topological polar surface area (TPSA) is 72.3 Å². The summed E-state index contributed by atoms with van der Waals surface area (Å²) in [6, 6.07) is -0.997. The van der Waals surface area contributed by atoms with Crippen LogP contribution < -0.4 is 68.8 Å². The van der Waals surface area contributed by atoms with E-state index in [4.69, 9.17) is 0 Å². The van der Waals surface area contributed by atoms with Crippen molar-refractivity contribution in [1.29, 1.82) is 0 Å². The number of hydrogen-bond donors (Lipinski definition) is 2. The van der Waals surface area contributed by atoms with Crippen LogP contribution in [0.25, 0.3) is 5.32 Å². The van der Waals surface area contributed by atoms with Crippen molar-refractivity contribution in [1.82, 2.24) is 10.6 Å². The molecule has 1 aliphatic heterocycles. The van der Waals surface area contributed by atoms with E-state index < -0.39 is 12.1 Å². The van der Waals surface area contributed by atoms with Gasteiger partial charge in [-0.2, -0.15) is 0 Å². The molecule has 0 bridgehead atoms. The molecule has 1 fully saturated rings. The molecule has 0 aromatic rings. The third-order valence-corrected chi connectivity index (χ3v) is 1.22. The van der Waals surface area contributed by atoms with Crippen LogP contribution in [0, 0.1) is 0 Å². The van der Waals surface area contributed by atoms with Crippen molar-refractivity contribution in [3.63, 3.8) is 0 Å². The summed E-state index contributed by atoms with van der Waals surface area (Å²) >= 11 is 0. The third kappa shape index (κ3) is 3.29. The standard InChI is InChI=1S/C5H9N3O2.Rb/c1-6-2-3-4(9)8-5(10)7-3;/h3,6H,2H2,1H3,(H2,7,8,9,10);/q;+1/p-1. The van der Waals surface area contributed by atoms with E-state index in [0.29, 0.717) is 6.54 Å². The summed E-state index contributed by atoms with van der Waals surface area (Å²) in [4.78, 5) is 21.1. The molecule has 1 heterocycles. The zero-order valence-electron chi connectivity index (χ0n) is 6.55. The molecule has 3 amide bonds. The summed E-state index contributed by atoms with van der Waals surface area (Å²) in [5, 5.41) is 8.31. The molecule has 0 saturated carbocycles. The zero-order valence-corrected chi connectivity index (χ0v) is 11.5. The number of urea groups is 1. The molecule has 1 rings (SSSR count). The van der Waals surface area contributed by atoms with Crippen molar-refractivity contribution >= 4 is 11.9 Å². The Kier molecular flexibility index (Phi) is 5.71. The van der Waals surface area contributed by atoms with Crippen molar-refractivity contribution < 1.29 is 67.8 Å². The average molecular weight is 228 g/mol. The number of amides is 3. The van der Waals surface area contributed by atoms with Gasteiger partial charge in [0.15, 0.2) is 11.9 Å². The number of nitrogens with zero attached hydrogens (tertiary/aromatic N) is 1. The van der Waals surface area contributed by atoms with Crippen LogP contribution in [0.5, 0.6) is 0 Å². The molecule has 1 unspecified atom stereocenters. The quantitative estimate of drug-likeness (QED) is 0.476. The largest absolute Gasteiger partial charge is 1.00 e. The first-order valence-corrected chi connectivity index (χ1v) is 2.94. The summed E-state index contributed by atoms with van der Waals surface area (Å²) < 4.78 is 0. The van der Waals surface area contributed by atoms with Gasteiger partial charge in [0.1, 0.15) is 0 Å². The maximum atomic E-state index is 10.7. The fourth-order valence-corrected chi connectivity index (χ4v) is 0.764. The van der Waals surface area contributed by atoms with Gasteiger partial charge in [-0.15, -0.1) is 0 Å². The second-order valence-electron chi connectivity index (χ2n) is 2.01. The Morgan fingerprint density at radius 1 is 1.64 bits per heavy atom. The molecule has 0 aromatic heterocycles. The van der Waals surface area contributed by atoms with Crippen molar-refractivity contribution in [2.45, 2.75) is 6.04 Å². The first-order chi connectivity index (χ1) is 4.74. The SMILES string of the molecule is CNCC1NC(=O)[N-]C1=O.[Rb+]. The second kappa shape index (κ2) is 5.37. The molecule has 5 nitrogen and oxygen atoms in total. The third-order valence-electron chi connectivity index (χ3n) is 1.22. The Morgan fingerprint density at radius 2 is 2.27 bits per heavy atom. The molecular weight excluding hydrogens is 220 g/mol. The molecule has 1 saturated heterocycles. The minimum absolute atomic E-state index is 0. The van der Waals surface area contributed by atoms with E-state index in [1.165, 1.54) is 0 Å². The van der Waals surface area contributed by atoms with Gasteiger partial charge in [0.05, 0.1) is 0 Å². The molecule has 2 N–H and O–H groups in total. The molecule has 6 heteroatoms. The number of rotatable bonds is 2. The Hall–Kier alpha value is 0.705. The molecule has 0 spiro atoms. The van der Waals surface area contributed by atoms with E-state index in [1.807, 2.05) is 0 Å². The number of carbonyl (C=O) groups excluding carboxylic acids is 2. The van der Waals surface area contributed by atoms with Crippen molar-refractivity contribution in [3.05, 3.63) is 5.32 Å². The van der Waals surface area contributed by atoms with Crippen LogP contribution in [0.15, 0.2) is 0 Å². The smallest absolute Gasteiger partial charge is 0.438 e. The van der Waals surface area contributed by atoms with E-state index in [9.17, 15) is 9.59 Å². The van der Waals surface area contributed by atoms with Gasteiger partial charge in [-0.1, -0.05) is 0 Å². The minimum atomic E-state index is -0.537. The van der Waals surface area contributed by atoms with Crippen LogP contribution in [-0.2, 0) is 4.79 Å². The Morgan fingerprint density at radius 3 is 2.64 bits per heavy atom. The summed E-state index contributed by atoms with van der Waals surface area (Å²) in [7, 11) is 1.71. The molecule has 1 atom stereocenters. The van der Waals surface area contributed by atoms with E-state index in [2.05, 4.69) is 16.0 Å². The number of carbonyl (C=O) groups is 2. The summed E-state index contributed by atoms with van der Waals surface area (Å²) in [5.41, 5.74) is 0. The first kappa shape index (κ1) is 11.7. The molecule has 0 aliphatic carbocycles. The number of imide groups is 1. The van der Waals surface area contributed by atoms with Gasteiger partial charge in [-0.3, -0.25) is 9.59 Å². The maximum absolute atomic E-state index is 10.7. The van der Waals surface area contributed by atoms with Crippen LogP contribution in [0.1, 0.15) is 0 Å². The van der Waals surface area contributed by atoms with E-state index in [0.717, 1.165) is 0 Å². The summed E-state index contributed by atoms with van der Waals surface area (Å²) in [6.45, 7) is 0.439. The summed E-state index contributed by atoms with van der Waals surface area (Å²) in [5.74, 6) is -0.389. The Bertz CT molecular complexity index is 173. The van der Waals surface area contributed by atoms with E-state index >= 15 is 0 Å². The molecule has 0 radical (unpaired) electrons. The molecule has 56 valence electrons. The summed E-state index contributed by atoms with van der Waals surface area (Å²) in [6.07, 6.45) is 0. The fraction of sp³-hybridized carbons (Fsp3) is 0.600. The average Bonchev–Trinajstić information content (AvgIpc) is 2.13. The number of hydrogen-bond acceptors (Lipinski definition) is 3. The van der Waals surface area contributed by atoms with Crippen molar-refractivity contribution in [2.75, 3.05) is 13.6 Å². The number of likely N-dealkylation sites (N-methyl/N-ethyl adjacent to an activating group) is 1. The predicted molar refractivity (Wildman–Crippen MR) is 34.6 cm³/mol. The van der Waals surface area contributed by atoms with Gasteiger partial charge in [-0.05, 0) is 7.05 Å². The van der Waals surface area contributed by atoms with Crippen molar-refractivity contribution in [2.24, 2.45) is 0 Å². The van der Waals surface area contributed by atoms with Gasteiger partial charge in [-0.25, -0.2) is 0 Å². The zero-order chi connectivity index (χ0) is 7.56. The van der Waals surface area contributed by atoms with E-state index in [1.54, 1.807) is 7.05 Å². The van der Waals surface area contributed by atoms with Gasteiger partial charge < -0.3 is 16.0 Å². The molecule has 0 aromatic carbocycles. The van der Waals surface area contributed by atoms with Crippen molar-refractivity contribution in [3.8, 4) is 0 Å². The molecular formula is C5H8N3O2Rb. The fourth-order valence-electron chi connectivity index (χ4n) is 0.764. The first-order valence-electron chi connectivity index (χ1n) is 2.94.